The van der Waals surface area contributed by atoms with Crippen molar-refractivity contribution in [3.05, 3.63) is 36.7 Å². The van der Waals surface area contributed by atoms with Gasteiger partial charge in [0.25, 0.3) is 0 Å². The minimum atomic E-state index is 0.353. The molecule has 0 bridgehead atoms. The van der Waals surface area contributed by atoms with Gasteiger partial charge in [0.15, 0.2) is 0 Å². The van der Waals surface area contributed by atoms with E-state index < -0.39 is 0 Å². The normalized spacial score (nSPS) is 23.1. The van der Waals surface area contributed by atoms with E-state index in [0.29, 0.717) is 12.1 Å². The lowest BCUT2D eigenvalue weighted by Crippen LogP contribution is -2.44. The van der Waals surface area contributed by atoms with Crippen molar-refractivity contribution in [3.8, 4) is 5.69 Å². The van der Waals surface area contributed by atoms with Crippen LogP contribution in [-0.2, 0) is 0 Å². The number of benzene rings is 1. The van der Waals surface area contributed by atoms with Crippen LogP contribution in [0.3, 0.4) is 0 Å². The second kappa shape index (κ2) is 4.18. The number of nitrogens with zero attached hydrogens (tertiary/aromatic N) is 3. The molecule has 5 heteroatoms. The van der Waals surface area contributed by atoms with E-state index in [1.54, 1.807) is 10.9 Å². The zero-order chi connectivity index (χ0) is 11.7. The van der Waals surface area contributed by atoms with Crippen LogP contribution in [0.15, 0.2) is 36.7 Å². The first-order chi connectivity index (χ1) is 8.33. The second-order valence-corrected chi connectivity index (χ2v) is 4.44. The van der Waals surface area contributed by atoms with Gasteiger partial charge in [0.2, 0.25) is 0 Å². The zero-order valence-electron chi connectivity index (χ0n) is 9.45. The van der Waals surface area contributed by atoms with Gasteiger partial charge in [0.05, 0.1) is 23.8 Å². The largest absolute Gasteiger partial charge is 0.380 e. The van der Waals surface area contributed by atoms with E-state index >= 15 is 0 Å². The first-order valence-corrected chi connectivity index (χ1v) is 5.81. The van der Waals surface area contributed by atoms with Gasteiger partial charge >= 0.3 is 0 Å². The molecule has 1 aromatic carbocycles. The molecule has 1 aliphatic rings. The van der Waals surface area contributed by atoms with Crippen molar-refractivity contribution in [1.29, 1.82) is 0 Å². The standard InChI is InChI=1S/C12H15N5/c13-9-7-10(8-9)15-11-3-1-2-4-12(11)17-6-5-14-16-17/h1-6,9-10,15H,7-8,13H2. The summed E-state index contributed by atoms with van der Waals surface area (Å²) in [4.78, 5) is 0. The molecule has 3 rings (SSSR count). The van der Waals surface area contributed by atoms with E-state index in [9.17, 15) is 0 Å². The smallest absolute Gasteiger partial charge is 0.0894 e. The van der Waals surface area contributed by atoms with Crippen LogP contribution in [0, 0.1) is 0 Å². The minimum Gasteiger partial charge on any atom is -0.380 e. The van der Waals surface area contributed by atoms with E-state index in [-0.39, 0.29) is 0 Å². The molecule has 1 fully saturated rings. The van der Waals surface area contributed by atoms with E-state index in [2.05, 4.69) is 21.7 Å². The number of nitrogens with two attached hydrogens (primary N) is 1. The van der Waals surface area contributed by atoms with Gasteiger partial charge in [-0.1, -0.05) is 17.3 Å². The van der Waals surface area contributed by atoms with Gasteiger partial charge in [-0.05, 0) is 25.0 Å². The molecular formula is C12H15N5. The monoisotopic (exact) mass is 229 g/mol. The third kappa shape index (κ3) is 2.01. The molecule has 0 unspecified atom stereocenters. The molecule has 0 spiro atoms. The number of rotatable bonds is 3. The molecule has 3 N–H and O–H groups in total. The molecule has 0 saturated heterocycles. The lowest BCUT2D eigenvalue weighted by Gasteiger charge is -2.34. The highest BCUT2D eigenvalue weighted by atomic mass is 15.4. The lowest BCUT2D eigenvalue weighted by molar-refractivity contribution is 0.373. The van der Waals surface area contributed by atoms with E-state index in [4.69, 9.17) is 5.73 Å². The molecular weight excluding hydrogens is 214 g/mol. The van der Waals surface area contributed by atoms with Crippen molar-refractivity contribution >= 4 is 5.69 Å². The molecule has 0 aliphatic heterocycles. The number of para-hydroxylation sites is 2. The third-order valence-electron chi connectivity index (χ3n) is 3.11. The fourth-order valence-corrected chi connectivity index (χ4v) is 2.13. The van der Waals surface area contributed by atoms with Crippen LogP contribution in [-0.4, -0.2) is 27.1 Å². The summed E-state index contributed by atoms with van der Waals surface area (Å²) in [6.07, 6.45) is 5.58. The van der Waals surface area contributed by atoms with Crippen molar-refractivity contribution in [3.63, 3.8) is 0 Å². The topological polar surface area (TPSA) is 68.8 Å². The highest BCUT2D eigenvalue weighted by molar-refractivity contribution is 5.61. The van der Waals surface area contributed by atoms with Crippen LogP contribution < -0.4 is 11.1 Å². The molecule has 0 amide bonds. The maximum atomic E-state index is 5.79. The first-order valence-electron chi connectivity index (χ1n) is 5.81. The number of nitrogens with one attached hydrogen (secondary N) is 1. The van der Waals surface area contributed by atoms with Crippen molar-refractivity contribution < 1.29 is 0 Å². The molecule has 5 nitrogen and oxygen atoms in total. The molecule has 88 valence electrons. The number of anilines is 1. The van der Waals surface area contributed by atoms with Crippen LogP contribution in [0.5, 0.6) is 0 Å². The van der Waals surface area contributed by atoms with Gasteiger partial charge in [-0.15, -0.1) is 5.10 Å². The zero-order valence-corrected chi connectivity index (χ0v) is 9.45. The van der Waals surface area contributed by atoms with Crippen LogP contribution in [0.4, 0.5) is 5.69 Å². The molecule has 1 aromatic heterocycles. The summed E-state index contributed by atoms with van der Waals surface area (Å²) in [5, 5.41) is 11.3. The van der Waals surface area contributed by atoms with Gasteiger partial charge in [-0.3, -0.25) is 0 Å². The molecule has 1 saturated carbocycles. The van der Waals surface area contributed by atoms with E-state index in [0.717, 1.165) is 24.2 Å². The maximum absolute atomic E-state index is 5.79. The highest BCUT2D eigenvalue weighted by Gasteiger charge is 2.26. The molecule has 0 radical (unpaired) electrons. The van der Waals surface area contributed by atoms with E-state index in [1.807, 2.05) is 24.4 Å². The van der Waals surface area contributed by atoms with Crippen molar-refractivity contribution in [1.82, 2.24) is 15.0 Å². The first kappa shape index (κ1) is 10.3. The Morgan fingerprint density at radius 2 is 2.12 bits per heavy atom. The Morgan fingerprint density at radius 1 is 1.29 bits per heavy atom. The average Bonchev–Trinajstić information content (AvgIpc) is 2.81. The summed E-state index contributed by atoms with van der Waals surface area (Å²) in [5.41, 5.74) is 7.89. The SMILES string of the molecule is NC1CC(Nc2ccccc2-n2ccnn2)C1. The number of hydrogen-bond donors (Lipinski definition) is 2. The molecule has 1 aliphatic carbocycles. The Labute approximate surface area is 99.6 Å². The Kier molecular flexibility index (Phi) is 2.53. The predicted octanol–water partition coefficient (Wildman–Crippen LogP) is 1.17. The minimum absolute atomic E-state index is 0.353. The van der Waals surface area contributed by atoms with Gasteiger partial charge in [-0.2, -0.15) is 0 Å². The summed E-state index contributed by atoms with van der Waals surface area (Å²) in [5.74, 6) is 0. The summed E-state index contributed by atoms with van der Waals surface area (Å²) in [6.45, 7) is 0. The lowest BCUT2D eigenvalue weighted by atomic mass is 9.87. The molecule has 0 atom stereocenters. The van der Waals surface area contributed by atoms with Crippen molar-refractivity contribution in [2.24, 2.45) is 5.73 Å². The number of aromatic nitrogens is 3. The Hall–Kier alpha value is -1.88. The van der Waals surface area contributed by atoms with Crippen LogP contribution in [0.25, 0.3) is 5.69 Å². The molecule has 2 aromatic rings. The fraction of sp³-hybridized carbons (Fsp3) is 0.333. The summed E-state index contributed by atoms with van der Waals surface area (Å²) in [7, 11) is 0. The van der Waals surface area contributed by atoms with Crippen molar-refractivity contribution in [2.75, 3.05) is 5.32 Å². The number of hydrogen-bond acceptors (Lipinski definition) is 4. The summed E-state index contributed by atoms with van der Waals surface area (Å²) < 4.78 is 1.76. The second-order valence-electron chi connectivity index (χ2n) is 4.44. The predicted molar refractivity (Wildman–Crippen MR) is 66.0 cm³/mol. The summed E-state index contributed by atoms with van der Waals surface area (Å²) in [6, 6.07) is 8.92. The highest BCUT2D eigenvalue weighted by Crippen LogP contribution is 2.26. The van der Waals surface area contributed by atoms with Gasteiger partial charge in [-0.25, -0.2) is 4.68 Å². The van der Waals surface area contributed by atoms with Crippen LogP contribution in [0.1, 0.15) is 12.8 Å². The molecule has 1 heterocycles. The van der Waals surface area contributed by atoms with Crippen molar-refractivity contribution in [2.45, 2.75) is 24.9 Å². The molecule has 17 heavy (non-hydrogen) atoms. The van der Waals surface area contributed by atoms with Gasteiger partial charge in [0.1, 0.15) is 0 Å². The van der Waals surface area contributed by atoms with Gasteiger partial charge in [0, 0.05) is 12.1 Å². The Bertz CT molecular complexity index is 487. The maximum Gasteiger partial charge on any atom is 0.0894 e. The summed E-state index contributed by atoms with van der Waals surface area (Å²) >= 11 is 0. The average molecular weight is 229 g/mol. The third-order valence-corrected chi connectivity index (χ3v) is 3.11. The Morgan fingerprint density at radius 3 is 2.82 bits per heavy atom. The van der Waals surface area contributed by atoms with E-state index in [1.165, 1.54) is 0 Å². The quantitative estimate of drug-likeness (QED) is 0.829. The van der Waals surface area contributed by atoms with Crippen LogP contribution in [0.2, 0.25) is 0 Å². The van der Waals surface area contributed by atoms with Gasteiger partial charge < -0.3 is 11.1 Å². The Balaban J connectivity index is 1.84. The fourth-order valence-electron chi connectivity index (χ4n) is 2.13. The van der Waals surface area contributed by atoms with Crippen LogP contribution >= 0.6 is 0 Å².